The largest absolute Gasteiger partial charge is 0.466 e. The van der Waals surface area contributed by atoms with Gasteiger partial charge in [0.25, 0.3) is 10.0 Å². The molecule has 196 valence electrons. The maximum Gasteiger partial charge on any atom is 0.308 e. The molecular weight excluding hydrogens is 490 g/mol. The van der Waals surface area contributed by atoms with E-state index >= 15 is 0 Å². The molecule has 0 aliphatic heterocycles. The van der Waals surface area contributed by atoms with Gasteiger partial charge in [-0.3, -0.25) is 14.3 Å². The monoisotopic (exact) mass is 523 g/mol. The molecule has 3 aromatic rings. The van der Waals surface area contributed by atoms with Gasteiger partial charge in [-0.25, -0.2) is 8.42 Å². The maximum atomic E-state index is 13.2. The van der Waals surface area contributed by atoms with Gasteiger partial charge in [-0.2, -0.15) is 0 Å². The lowest BCUT2D eigenvalue weighted by Gasteiger charge is -2.23. The smallest absolute Gasteiger partial charge is 0.308 e. The standard InChI is InChI=1S/C28H33N3O5S/c1-5-36-27(32)17-26(30-28(33)20(4)25-13-12-18(2)14-19(25)3)21-8-6-10-23(15-21)31-37(34,35)24-11-7-9-22(29)16-24/h6-16,20,26,31H,5,17,29H2,1-4H3,(H,30,33). The van der Waals surface area contributed by atoms with Crippen LogP contribution in [0.15, 0.2) is 71.6 Å². The van der Waals surface area contributed by atoms with Crippen molar-refractivity contribution in [2.24, 2.45) is 0 Å². The number of esters is 1. The van der Waals surface area contributed by atoms with E-state index < -0.39 is 28.0 Å². The predicted octanol–water partition coefficient (Wildman–Crippen LogP) is 4.60. The van der Waals surface area contributed by atoms with E-state index in [9.17, 15) is 18.0 Å². The van der Waals surface area contributed by atoms with Crippen LogP contribution in [-0.4, -0.2) is 26.9 Å². The summed E-state index contributed by atoms with van der Waals surface area (Å²) in [5, 5.41) is 2.96. The number of ether oxygens (including phenoxy) is 1. The first-order valence-corrected chi connectivity index (χ1v) is 13.5. The van der Waals surface area contributed by atoms with Crippen molar-refractivity contribution >= 4 is 33.3 Å². The first-order valence-electron chi connectivity index (χ1n) is 12.0. The minimum atomic E-state index is -3.90. The molecule has 0 bridgehead atoms. The quantitative estimate of drug-likeness (QED) is 0.263. The van der Waals surface area contributed by atoms with Gasteiger partial charge in [0.05, 0.1) is 29.9 Å². The second kappa shape index (κ2) is 11.9. The number of rotatable bonds is 10. The van der Waals surface area contributed by atoms with Crippen LogP contribution >= 0.6 is 0 Å². The topological polar surface area (TPSA) is 128 Å². The number of carbonyl (C=O) groups excluding carboxylic acids is 2. The summed E-state index contributed by atoms with van der Waals surface area (Å²) in [6, 6.07) is 17.7. The highest BCUT2D eigenvalue weighted by molar-refractivity contribution is 7.92. The minimum absolute atomic E-state index is 0.0246. The summed E-state index contributed by atoms with van der Waals surface area (Å²) in [5.41, 5.74) is 9.90. The van der Waals surface area contributed by atoms with E-state index in [1.54, 1.807) is 43.3 Å². The summed E-state index contributed by atoms with van der Waals surface area (Å²) < 4.78 is 33.4. The minimum Gasteiger partial charge on any atom is -0.466 e. The molecule has 8 nitrogen and oxygen atoms in total. The van der Waals surface area contributed by atoms with Crippen molar-refractivity contribution in [1.82, 2.24) is 5.32 Å². The van der Waals surface area contributed by atoms with Gasteiger partial charge in [0.15, 0.2) is 0 Å². The Morgan fingerprint density at radius 1 is 1.00 bits per heavy atom. The number of nitrogens with two attached hydrogens (primary N) is 1. The van der Waals surface area contributed by atoms with Crippen LogP contribution in [0.3, 0.4) is 0 Å². The van der Waals surface area contributed by atoms with Gasteiger partial charge >= 0.3 is 5.97 Å². The van der Waals surface area contributed by atoms with Gasteiger partial charge in [-0.05, 0) is 74.7 Å². The number of hydrogen-bond acceptors (Lipinski definition) is 6. The highest BCUT2D eigenvalue weighted by atomic mass is 32.2. The van der Waals surface area contributed by atoms with Crippen LogP contribution in [0.1, 0.15) is 54.5 Å². The fourth-order valence-electron chi connectivity index (χ4n) is 4.10. The van der Waals surface area contributed by atoms with Crippen LogP contribution < -0.4 is 15.8 Å². The fourth-order valence-corrected chi connectivity index (χ4v) is 5.21. The van der Waals surface area contributed by atoms with Crippen molar-refractivity contribution in [1.29, 1.82) is 0 Å². The average molecular weight is 524 g/mol. The number of anilines is 2. The van der Waals surface area contributed by atoms with Crippen LogP contribution in [0.25, 0.3) is 0 Å². The highest BCUT2D eigenvalue weighted by Gasteiger charge is 2.25. The molecule has 3 aromatic carbocycles. The van der Waals surface area contributed by atoms with E-state index in [1.165, 1.54) is 12.1 Å². The average Bonchev–Trinajstić information content (AvgIpc) is 2.83. The van der Waals surface area contributed by atoms with Crippen molar-refractivity contribution in [2.45, 2.75) is 51.0 Å². The molecule has 1 amide bonds. The molecule has 0 aliphatic rings. The first-order chi connectivity index (χ1) is 17.5. The molecule has 37 heavy (non-hydrogen) atoms. The summed E-state index contributed by atoms with van der Waals surface area (Å²) in [4.78, 5) is 25.6. The third-order valence-electron chi connectivity index (χ3n) is 5.99. The lowest BCUT2D eigenvalue weighted by Crippen LogP contribution is -2.34. The molecule has 2 atom stereocenters. The molecule has 3 rings (SSSR count). The number of aryl methyl sites for hydroxylation is 2. The second-order valence-corrected chi connectivity index (χ2v) is 10.6. The van der Waals surface area contributed by atoms with Crippen molar-refractivity contribution < 1.29 is 22.7 Å². The molecule has 0 aromatic heterocycles. The first kappa shape index (κ1) is 27.7. The zero-order valence-corrected chi connectivity index (χ0v) is 22.3. The molecule has 4 N–H and O–H groups in total. The Hall–Kier alpha value is -3.85. The molecule has 9 heteroatoms. The van der Waals surface area contributed by atoms with Gasteiger partial charge in [0, 0.05) is 11.4 Å². The van der Waals surface area contributed by atoms with Crippen LogP contribution in [0.4, 0.5) is 11.4 Å². The van der Waals surface area contributed by atoms with E-state index in [0.29, 0.717) is 11.3 Å². The number of nitrogens with one attached hydrogen (secondary N) is 2. The maximum absolute atomic E-state index is 13.2. The molecule has 0 spiro atoms. The van der Waals surface area contributed by atoms with E-state index in [4.69, 9.17) is 10.5 Å². The van der Waals surface area contributed by atoms with Crippen molar-refractivity contribution in [3.05, 3.63) is 89.0 Å². The Morgan fingerprint density at radius 3 is 2.41 bits per heavy atom. The lowest BCUT2D eigenvalue weighted by molar-refractivity contribution is -0.143. The van der Waals surface area contributed by atoms with Crippen molar-refractivity contribution in [2.75, 3.05) is 17.1 Å². The Morgan fingerprint density at radius 2 is 1.73 bits per heavy atom. The second-order valence-electron chi connectivity index (χ2n) is 8.96. The van der Waals surface area contributed by atoms with Gasteiger partial charge in [-0.1, -0.05) is 42.0 Å². The molecule has 0 aliphatic carbocycles. The van der Waals surface area contributed by atoms with Gasteiger partial charge < -0.3 is 15.8 Å². The molecule has 0 radical (unpaired) electrons. The van der Waals surface area contributed by atoms with E-state index in [1.807, 2.05) is 39.0 Å². The number of carbonyl (C=O) groups is 2. The van der Waals surface area contributed by atoms with Crippen LogP contribution in [0.2, 0.25) is 0 Å². The summed E-state index contributed by atoms with van der Waals surface area (Å²) in [7, 11) is -3.90. The third-order valence-corrected chi connectivity index (χ3v) is 7.37. The van der Waals surface area contributed by atoms with Crippen LogP contribution in [0.5, 0.6) is 0 Å². The van der Waals surface area contributed by atoms with Crippen LogP contribution in [0, 0.1) is 13.8 Å². The lowest BCUT2D eigenvalue weighted by atomic mass is 9.93. The third kappa shape index (κ3) is 7.33. The molecule has 0 fully saturated rings. The summed E-state index contributed by atoms with van der Waals surface area (Å²) in [6.07, 6.45) is -0.107. The number of sulfonamides is 1. The van der Waals surface area contributed by atoms with E-state index in [2.05, 4.69) is 10.0 Å². The Balaban J connectivity index is 1.87. The van der Waals surface area contributed by atoms with E-state index in [-0.39, 0.29) is 29.5 Å². The zero-order chi connectivity index (χ0) is 27.2. The molecule has 0 heterocycles. The highest BCUT2D eigenvalue weighted by Crippen LogP contribution is 2.26. The summed E-state index contributed by atoms with van der Waals surface area (Å²) in [6.45, 7) is 7.67. The SMILES string of the molecule is CCOC(=O)CC(NC(=O)C(C)c1ccc(C)cc1C)c1cccc(NS(=O)(=O)c2cccc(N)c2)c1. The van der Waals surface area contributed by atoms with Crippen molar-refractivity contribution in [3.63, 3.8) is 0 Å². The van der Waals surface area contributed by atoms with Crippen LogP contribution in [-0.2, 0) is 24.3 Å². The molecular formula is C28H33N3O5S. The molecule has 2 unspecified atom stereocenters. The van der Waals surface area contributed by atoms with Crippen molar-refractivity contribution in [3.8, 4) is 0 Å². The van der Waals surface area contributed by atoms with Gasteiger partial charge in [0.1, 0.15) is 0 Å². The number of nitrogen functional groups attached to an aromatic ring is 1. The number of amides is 1. The summed E-state index contributed by atoms with van der Waals surface area (Å²) in [5.74, 6) is -1.19. The van der Waals surface area contributed by atoms with Gasteiger partial charge in [-0.15, -0.1) is 0 Å². The fraction of sp³-hybridized carbons (Fsp3) is 0.286. The number of hydrogen-bond donors (Lipinski definition) is 3. The molecule has 0 saturated carbocycles. The predicted molar refractivity (Wildman–Crippen MR) is 145 cm³/mol. The van der Waals surface area contributed by atoms with Gasteiger partial charge in [0.2, 0.25) is 5.91 Å². The molecule has 0 saturated heterocycles. The Labute approximate surface area is 218 Å². The Kier molecular flexibility index (Phi) is 8.94. The van der Waals surface area contributed by atoms with E-state index in [0.717, 1.165) is 16.7 Å². The Bertz CT molecular complexity index is 1390. The number of benzene rings is 3. The normalized spacial score (nSPS) is 12.9. The summed E-state index contributed by atoms with van der Waals surface area (Å²) >= 11 is 0. The zero-order valence-electron chi connectivity index (χ0n) is 21.4.